The second-order valence-electron chi connectivity index (χ2n) is 3.10. The maximum Gasteiger partial charge on any atom is 0.0590 e. The topological polar surface area (TPSA) is 23.5 Å². The van der Waals surface area contributed by atoms with Crippen LogP contribution in [0, 0.1) is 0 Å². The summed E-state index contributed by atoms with van der Waals surface area (Å²) >= 11 is 0. The number of hydroxylamine groups is 2. The summed E-state index contributed by atoms with van der Waals surface area (Å²) in [6, 6.07) is 0.167. The Labute approximate surface area is 55.7 Å². The van der Waals surface area contributed by atoms with E-state index in [2.05, 4.69) is 0 Å². The molecule has 0 spiro atoms. The Morgan fingerprint density at radius 1 is 1.56 bits per heavy atom. The average Bonchev–Trinajstić information content (AvgIpc) is 1.97. The maximum absolute atomic E-state index is 9.30. The first-order valence-electron chi connectivity index (χ1n) is 3.21. The maximum atomic E-state index is 9.30. The fraction of sp³-hybridized carbons (Fsp3) is 0.714. The van der Waals surface area contributed by atoms with Gasteiger partial charge in [0.1, 0.15) is 0 Å². The summed E-state index contributed by atoms with van der Waals surface area (Å²) < 4.78 is 0. The predicted molar refractivity (Wildman–Crippen MR) is 36.3 cm³/mol. The minimum atomic E-state index is -0.167. The zero-order valence-corrected chi connectivity index (χ0v) is 6.13. The lowest BCUT2D eigenvalue weighted by molar-refractivity contribution is -0.151. The molecule has 1 unspecified atom stereocenters. The number of rotatable bonds is 0. The van der Waals surface area contributed by atoms with E-state index in [1.807, 2.05) is 32.9 Å². The van der Waals surface area contributed by atoms with E-state index in [4.69, 9.17) is 0 Å². The molecule has 0 amide bonds. The third-order valence-electron chi connectivity index (χ3n) is 1.76. The highest BCUT2D eigenvalue weighted by molar-refractivity contribution is 5.12. The molecule has 1 aliphatic rings. The highest BCUT2D eigenvalue weighted by Crippen LogP contribution is 2.23. The molecule has 2 heteroatoms. The van der Waals surface area contributed by atoms with Gasteiger partial charge < -0.3 is 5.21 Å². The number of nitrogens with zero attached hydrogens (tertiary/aromatic N) is 1. The Morgan fingerprint density at radius 3 is 2.22 bits per heavy atom. The normalized spacial score (nSPS) is 33.6. The van der Waals surface area contributed by atoms with Crippen molar-refractivity contribution < 1.29 is 5.21 Å². The van der Waals surface area contributed by atoms with E-state index in [9.17, 15) is 5.21 Å². The fourth-order valence-electron chi connectivity index (χ4n) is 1.06. The van der Waals surface area contributed by atoms with Gasteiger partial charge >= 0.3 is 0 Å². The van der Waals surface area contributed by atoms with Gasteiger partial charge in [0.2, 0.25) is 0 Å². The fourth-order valence-corrected chi connectivity index (χ4v) is 1.06. The van der Waals surface area contributed by atoms with Crippen LogP contribution in [0.2, 0.25) is 0 Å². The number of hydrogen-bond donors (Lipinski definition) is 1. The third kappa shape index (κ3) is 1.00. The molecule has 0 aromatic heterocycles. The molecule has 0 aromatic carbocycles. The molecular weight excluding hydrogens is 114 g/mol. The van der Waals surface area contributed by atoms with Gasteiger partial charge in [0.05, 0.1) is 11.6 Å². The SMILES string of the molecule is CC1C=CC(C)(C)N1O. The predicted octanol–water partition coefficient (Wildman–Crippen LogP) is 1.41. The monoisotopic (exact) mass is 127 g/mol. The molecule has 0 aliphatic carbocycles. The first-order valence-corrected chi connectivity index (χ1v) is 3.21. The summed E-state index contributed by atoms with van der Waals surface area (Å²) in [6.07, 6.45) is 4.01. The average molecular weight is 127 g/mol. The summed E-state index contributed by atoms with van der Waals surface area (Å²) in [5.74, 6) is 0. The summed E-state index contributed by atoms with van der Waals surface area (Å²) in [7, 11) is 0. The van der Waals surface area contributed by atoms with E-state index < -0.39 is 0 Å². The van der Waals surface area contributed by atoms with Crippen LogP contribution in [-0.4, -0.2) is 21.9 Å². The van der Waals surface area contributed by atoms with E-state index >= 15 is 0 Å². The van der Waals surface area contributed by atoms with E-state index in [-0.39, 0.29) is 11.6 Å². The number of hydrogen-bond acceptors (Lipinski definition) is 2. The van der Waals surface area contributed by atoms with Crippen LogP contribution in [0.1, 0.15) is 20.8 Å². The van der Waals surface area contributed by atoms with Crippen LogP contribution in [-0.2, 0) is 0 Å². The zero-order valence-electron chi connectivity index (χ0n) is 6.13. The molecule has 0 radical (unpaired) electrons. The lowest BCUT2D eigenvalue weighted by Gasteiger charge is -2.27. The standard InChI is InChI=1S/C7H13NO/c1-6-4-5-7(2,3)8(6)9/h4-6,9H,1-3H3. The first kappa shape index (κ1) is 6.78. The second-order valence-corrected chi connectivity index (χ2v) is 3.10. The van der Waals surface area contributed by atoms with Gasteiger partial charge in [0, 0.05) is 0 Å². The molecule has 9 heavy (non-hydrogen) atoms. The second kappa shape index (κ2) is 1.82. The van der Waals surface area contributed by atoms with Gasteiger partial charge in [0.25, 0.3) is 0 Å². The first-order chi connectivity index (χ1) is 4.04. The summed E-state index contributed by atoms with van der Waals surface area (Å²) in [5.41, 5.74) is -0.167. The van der Waals surface area contributed by atoms with Crippen molar-refractivity contribution in [1.29, 1.82) is 0 Å². The van der Waals surface area contributed by atoms with Crippen LogP contribution in [0.15, 0.2) is 12.2 Å². The lowest BCUT2D eigenvalue weighted by Crippen LogP contribution is -2.39. The Morgan fingerprint density at radius 2 is 2.11 bits per heavy atom. The third-order valence-corrected chi connectivity index (χ3v) is 1.76. The van der Waals surface area contributed by atoms with E-state index in [1.165, 1.54) is 5.06 Å². The zero-order chi connectivity index (χ0) is 7.07. The van der Waals surface area contributed by atoms with Gasteiger partial charge in [0.15, 0.2) is 0 Å². The Hall–Kier alpha value is -0.340. The Bertz CT molecular complexity index is 140. The lowest BCUT2D eigenvalue weighted by atomic mass is 10.1. The molecule has 0 fully saturated rings. The van der Waals surface area contributed by atoms with E-state index in [0.29, 0.717) is 0 Å². The van der Waals surface area contributed by atoms with Crippen LogP contribution < -0.4 is 0 Å². The molecule has 1 atom stereocenters. The highest BCUT2D eigenvalue weighted by Gasteiger charge is 2.30. The smallest absolute Gasteiger partial charge is 0.0590 e. The molecule has 2 nitrogen and oxygen atoms in total. The van der Waals surface area contributed by atoms with Crippen molar-refractivity contribution in [3.05, 3.63) is 12.2 Å². The minimum absolute atomic E-state index is 0.167. The highest BCUT2D eigenvalue weighted by atomic mass is 16.5. The Balaban J connectivity index is 2.74. The molecule has 1 heterocycles. The van der Waals surface area contributed by atoms with Gasteiger partial charge in [-0.2, -0.15) is 5.06 Å². The van der Waals surface area contributed by atoms with Gasteiger partial charge in [-0.25, -0.2) is 0 Å². The van der Waals surface area contributed by atoms with Gasteiger partial charge in [-0.3, -0.25) is 0 Å². The summed E-state index contributed by atoms with van der Waals surface area (Å²) in [4.78, 5) is 0. The molecule has 52 valence electrons. The quantitative estimate of drug-likeness (QED) is 0.497. The summed E-state index contributed by atoms with van der Waals surface area (Å²) in [6.45, 7) is 5.92. The van der Waals surface area contributed by atoms with E-state index in [0.717, 1.165) is 0 Å². The van der Waals surface area contributed by atoms with Crippen molar-refractivity contribution in [2.75, 3.05) is 0 Å². The molecule has 1 aliphatic heterocycles. The largest absolute Gasteiger partial charge is 0.313 e. The van der Waals surface area contributed by atoms with Crippen LogP contribution in [0.3, 0.4) is 0 Å². The molecular formula is C7H13NO. The Kier molecular flexibility index (Phi) is 1.37. The van der Waals surface area contributed by atoms with Crippen LogP contribution in [0.5, 0.6) is 0 Å². The minimum Gasteiger partial charge on any atom is -0.313 e. The van der Waals surface area contributed by atoms with Crippen molar-refractivity contribution in [3.8, 4) is 0 Å². The molecule has 0 saturated heterocycles. The molecule has 1 N–H and O–H groups in total. The molecule has 0 aromatic rings. The van der Waals surface area contributed by atoms with Crippen molar-refractivity contribution in [3.63, 3.8) is 0 Å². The van der Waals surface area contributed by atoms with Crippen LogP contribution in [0.4, 0.5) is 0 Å². The molecule has 0 saturated carbocycles. The van der Waals surface area contributed by atoms with Crippen molar-refractivity contribution in [1.82, 2.24) is 5.06 Å². The van der Waals surface area contributed by atoms with Crippen molar-refractivity contribution in [2.24, 2.45) is 0 Å². The van der Waals surface area contributed by atoms with Crippen molar-refractivity contribution >= 4 is 0 Å². The van der Waals surface area contributed by atoms with Gasteiger partial charge in [-0.05, 0) is 20.8 Å². The van der Waals surface area contributed by atoms with Gasteiger partial charge in [-0.15, -0.1) is 0 Å². The summed E-state index contributed by atoms with van der Waals surface area (Å²) in [5, 5.41) is 10.7. The van der Waals surface area contributed by atoms with Crippen LogP contribution >= 0.6 is 0 Å². The molecule has 1 rings (SSSR count). The van der Waals surface area contributed by atoms with Crippen LogP contribution in [0.25, 0.3) is 0 Å². The van der Waals surface area contributed by atoms with Gasteiger partial charge in [-0.1, -0.05) is 12.2 Å². The molecule has 0 bridgehead atoms. The van der Waals surface area contributed by atoms with E-state index in [1.54, 1.807) is 0 Å². The van der Waals surface area contributed by atoms with Crippen molar-refractivity contribution in [2.45, 2.75) is 32.4 Å².